The Labute approximate surface area is 197 Å². The molecule has 3 aromatic rings. The first-order valence-electron chi connectivity index (χ1n) is 10.2. The molecule has 0 spiro atoms. The van der Waals surface area contributed by atoms with Crippen LogP contribution >= 0.6 is 11.9 Å². The molecular weight excluding hydrogens is 448 g/mol. The Hall–Kier alpha value is -2.97. The lowest BCUT2D eigenvalue weighted by Gasteiger charge is -2.27. The minimum Gasteiger partial charge on any atom is -0.497 e. The topological polar surface area (TPSA) is 40.2 Å². The largest absolute Gasteiger partial charge is 0.497 e. The van der Waals surface area contributed by atoms with Crippen molar-refractivity contribution in [3.8, 4) is 23.0 Å². The summed E-state index contributed by atoms with van der Waals surface area (Å²) >= 11 is 0.474. The molecule has 0 radical (unpaired) electrons. The van der Waals surface area contributed by atoms with Gasteiger partial charge in [-0.05, 0) is 12.1 Å². The normalized spacial score (nSPS) is 11.4. The van der Waals surface area contributed by atoms with Crippen LogP contribution in [0.5, 0.6) is 23.0 Å². The first-order valence-corrected chi connectivity index (χ1v) is 11.0. The minimum atomic E-state index is -3.14. The van der Waals surface area contributed by atoms with Gasteiger partial charge >= 0.3 is 5.25 Å². The molecule has 0 saturated carbocycles. The van der Waals surface area contributed by atoms with E-state index >= 15 is 8.78 Å². The molecule has 0 fully saturated rings. The Balaban J connectivity index is 1.94. The smallest absolute Gasteiger partial charge is 0.332 e. The zero-order valence-corrected chi connectivity index (χ0v) is 19.8. The van der Waals surface area contributed by atoms with E-state index in [2.05, 4.69) is 0 Å². The first-order chi connectivity index (χ1) is 15.9. The second kappa shape index (κ2) is 11.2. The van der Waals surface area contributed by atoms with E-state index in [4.69, 9.17) is 18.9 Å². The molecule has 8 heteroatoms. The summed E-state index contributed by atoms with van der Waals surface area (Å²) in [5.74, 6) is 2.37. The van der Waals surface area contributed by atoms with Gasteiger partial charge in [0.15, 0.2) is 0 Å². The van der Waals surface area contributed by atoms with Crippen molar-refractivity contribution in [2.75, 3.05) is 28.4 Å². The molecule has 5 nitrogen and oxygen atoms in total. The van der Waals surface area contributed by atoms with Crippen LogP contribution in [0.25, 0.3) is 0 Å². The van der Waals surface area contributed by atoms with E-state index in [1.165, 1.54) is 12.1 Å². The molecule has 0 aliphatic carbocycles. The van der Waals surface area contributed by atoms with Crippen molar-refractivity contribution in [1.82, 2.24) is 4.31 Å². The van der Waals surface area contributed by atoms with Gasteiger partial charge in [-0.1, -0.05) is 42.5 Å². The summed E-state index contributed by atoms with van der Waals surface area (Å²) in [4.78, 5) is 0. The first kappa shape index (κ1) is 24.7. The zero-order chi connectivity index (χ0) is 23.8. The molecule has 0 N–H and O–H groups in total. The number of hydrogen-bond acceptors (Lipinski definition) is 6. The van der Waals surface area contributed by atoms with Crippen molar-refractivity contribution in [2.24, 2.45) is 0 Å². The van der Waals surface area contributed by atoms with Gasteiger partial charge in [0.05, 0.1) is 28.4 Å². The number of halogens is 2. The molecule has 33 heavy (non-hydrogen) atoms. The number of ether oxygens (including phenoxy) is 4. The monoisotopic (exact) mass is 475 g/mol. The highest BCUT2D eigenvalue weighted by molar-refractivity contribution is 7.97. The highest BCUT2D eigenvalue weighted by atomic mass is 32.2. The van der Waals surface area contributed by atoms with Crippen LogP contribution in [0.1, 0.15) is 16.7 Å². The molecular formula is C25H27F2NO4S. The van der Waals surface area contributed by atoms with Gasteiger partial charge in [0.25, 0.3) is 0 Å². The molecule has 3 aromatic carbocycles. The van der Waals surface area contributed by atoms with Crippen LogP contribution in [0.15, 0.2) is 66.7 Å². The number of hydrogen-bond donors (Lipinski definition) is 0. The molecule has 0 aliphatic heterocycles. The summed E-state index contributed by atoms with van der Waals surface area (Å²) in [6.07, 6.45) is 0. The highest BCUT2D eigenvalue weighted by Gasteiger charge is 2.36. The zero-order valence-electron chi connectivity index (χ0n) is 19.0. The van der Waals surface area contributed by atoms with Crippen molar-refractivity contribution in [3.63, 3.8) is 0 Å². The van der Waals surface area contributed by atoms with Crippen LogP contribution in [0.2, 0.25) is 0 Å². The predicted octanol–water partition coefficient (Wildman–Crippen LogP) is 6.12. The van der Waals surface area contributed by atoms with Crippen molar-refractivity contribution in [3.05, 3.63) is 83.4 Å². The summed E-state index contributed by atoms with van der Waals surface area (Å²) in [6, 6.07) is 18.4. The minimum absolute atomic E-state index is 0.0663. The molecule has 0 heterocycles. The summed E-state index contributed by atoms with van der Waals surface area (Å²) in [5, 5.41) is -3.14. The SMILES string of the molecule is COc1ccc(CN(Cc2ccc(OC)cc2OC)SC(F)(F)c2ccccc2)c(OC)c1. The Kier molecular flexibility index (Phi) is 8.41. The molecule has 0 saturated heterocycles. The summed E-state index contributed by atoms with van der Waals surface area (Å²) in [6.45, 7) is 0.408. The standard InChI is InChI=1S/C25H27F2NO4S/c1-29-21-12-10-18(23(14-21)31-3)16-28(33-25(26,27)20-8-6-5-7-9-20)17-19-11-13-22(30-2)15-24(19)32-4/h5-15H,16-17H2,1-4H3. The van der Waals surface area contributed by atoms with Gasteiger partial charge in [-0.25, -0.2) is 4.31 Å². The molecule has 3 rings (SSSR count). The summed E-state index contributed by atoms with van der Waals surface area (Å²) < 4.78 is 53.5. The van der Waals surface area contributed by atoms with Gasteiger partial charge in [-0.15, -0.1) is 0 Å². The third-order valence-electron chi connectivity index (χ3n) is 5.04. The van der Waals surface area contributed by atoms with Crippen molar-refractivity contribution in [2.45, 2.75) is 18.3 Å². The molecule has 0 aromatic heterocycles. The van der Waals surface area contributed by atoms with Crippen molar-refractivity contribution < 1.29 is 27.7 Å². The van der Waals surface area contributed by atoms with Crippen LogP contribution in [0, 0.1) is 0 Å². The van der Waals surface area contributed by atoms with Crippen LogP contribution in [-0.2, 0) is 18.3 Å². The molecule has 0 bridgehead atoms. The van der Waals surface area contributed by atoms with E-state index in [9.17, 15) is 0 Å². The number of alkyl halides is 2. The lowest BCUT2D eigenvalue weighted by atomic mass is 10.1. The molecule has 0 aliphatic rings. The van der Waals surface area contributed by atoms with E-state index in [1.807, 2.05) is 12.1 Å². The molecule has 0 atom stereocenters. The number of nitrogens with zero attached hydrogens (tertiary/aromatic N) is 1. The lowest BCUT2D eigenvalue weighted by molar-refractivity contribution is 0.0989. The van der Waals surface area contributed by atoms with Crippen LogP contribution in [0.3, 0.4) is 0 Å². The maximum absolute atomic E-state index is 15.2. The second-order valence-electron chi connectivity index (χ2n) is 7.13. The summed E-state index contributed by atoms with van der Waals surface area (Å²) in [7, 11) is 6.21. The Morgan fingerprint density at radius 1 is 0.697 bits per heavy atom. The van der Waals surface area contributed by atoms with E-state index in [1.54, 1.807) is 75.2 Å². The van der Waals surface area contributed by atoms with Gasteiger partial charge in [0.1, 0.15) is 23.0 Å². The average Bonchev–Trinajstić information content (AvgIpc) is 2.84. The quantitative estimate of drug-likeness (QED) is 0.311. The van der Waals surface area contributed by atoms with Crippen LogP contribution in [0.4, 0.5) is 8.78 Å². The fourth-order valence-corrected chi connectivity index (χ4v) is 4.29. The Morgan fingerprint density at radius 3 is 1.61 bits per heavy atom. The van der Waals surface area contributed by atoms with Crippen molar-refractivity contribution >= 4 is 11.9 Å². The third kappa shape index (κ3) is 6.30. The maximum atomic E-state index is 15.2. The average molecular weight is 476 g/mol. The third-order valence-corrected chi connectivity index (χ3v) is 6.02. The van der Waals surface area contributed by atoms with Gasteiger partial charge in [0, 0.05) is 53.9 Å². The second-order valence-corrected chi connectivity index (χ2v) is 8.34. The molecule has 0 amide bonds. The predicted molar refractivity (Wildman–Crippen MR) is 126 cm³/mol. The Bertz CT molecular complexity index is 992. The van der Waals surface area contributed by atoms with Gasteiger partial charge in [0.2, 0.25) is 0 Å². The van der Waals surface area contributed by atoms with Gasteiger partial charge < -0.3 is 18.9 Å². The highest BCUT2D eigenvalue weighted by Crippen LogP contribution is 2.44. The summed E-state index contributed by atoms with van der Waals surface area (Å²) in [5.41, 5.74) is 1.44. The van der Waals surface area contributed by atoms with E-state index < -0.39 is 5.25 Å². The fraction of sp³-hybridized carbons (Fsp3) is 0.280. The van der Waals surface area contributed by atoms with E-state index in [0.29, 0.717) is 34.9 Å². The van der Waals surface area contributed by atoms with Gasteiger partial charge in [-0.2, -0.15) is 8.78 Å². The lowest BCUT2D eigenvalue weighted by Crippen LogP contribution is -2.23. The Morgan fingerprint density at radius 2 is 1.18 bits per heavy atom. The fourth-order valence-electron chi connectivity index (χ4n) is 3.31. The number of rotatable bonds is 11. The number of methoxy groups -OCH3 is 4. The van der Waals surface area contributed by atoms with E-state index in [0.717, 1.165) is 11.1 Å². The number of benzene rings is 3. The molecule has 0 unspecified atom stereocenters. The van der Waals surface area contributed by atoms with Crippen molar-refractivity contribution in [1.29, 1.82) is 0 Å². The maximum Gasteiger partial charge on any atom is 0.332 e. The van der Waals surface area contributed by atoms with Crippen LogP contribution in [-0.4, -0.2) is 32.7 Å². The van der Waals surface area contributed by atoms with E-state index in [-0.39, 0.29) is 18.7 Å². The van der Waals surface area contributed by atoms with Crippen LogP contribution < -0.4 is 18.9 Å². The molecule has 176 valence electrons. The van der Waals surface area contributed by atoms with Gasteiger partial charge in [-0.3, -0.25) is 0 Å².